The summed E-state index contributed by atoms with van der Waals surface area (Å²) in [5.74, 6) is 0.242. The van der Waals surface area contributed by atoms with Crippen molar-refractivity contribution in [1.82, 2.24) is 0 Å². The number of hydrogen-bond donors (Lipinski definition) is 1. The third kappa shape index (κ3) is 2.70. The Labute approximate surface area is 101 Å². The Morgan fingerprint density at radius 3 is 2.88 bits per heavy atom. The van der Waals surface area contributed by atoms with Crippen molar-refractivity contribution >= 4 is 11.7 Å². The summed E-state index contributed by atoms with van der Waals surface area (Å²) in [5.41, 5.74) is 0.825. The van der Waals surface area contributed by atoms with Gasteiger partial charge in [-0.25, -0.2) is 4.79 Å². The number of ether oxygens (including phenoxy) is 2. The second kappa shape index (κ2) is 4.28. The van der Waals surface area contributed by atoms with Crippen LogP contribution >= 0.6 is 0 Å². The molecule has 0 spiro atoms. The second-order valence-electron chi connectivity index (χ2n) is 4.96. The minimum absolute atomic E-state index is 0.349. The lowest BCUT2D eigenvalue weighted by atomic mass is 10.1. The van der Waals surface area contributed by atoms with E-state index in [0.29, 0.717) is 17.9 Å². The maximum atomic E-state index is 12.0. The van der Waals surface area contributed by atoms with Gasteiger partial charge >= 0.3 is 5.97 Å². The van der Waals surface area contributed by atoms with E-state index in [1.807, 2.05) is 32.9 Å². The molecule has 0 aromatic heterocycles. The molecule has 1 aromatic carbocycles. The van der Waals surface area contributed by atoms with Gasteiger partial charge in [-0.2, -0.15) is 0 Å². The summed E-state index contributed by atoms with van der Waals surface area (Å²) >= 11 is 0. The lowest BCUT2D eigenvalue weighted by molar-refractivity contribution is 0.00658. The van der Waals surface area contributed by atoms with Crippen molar-refractivity contribution < 1.29 is 14.3 Å². The van der Waals surface area contributed by atoms with Crippen molar-refractivity contribution in [2.75, 3.05) is 18.5 Å². The van der Waals surface area contributed by atoms with Crippen molar-refractivity contribution in [2.45, 2.75) is 26.4 Å². The quantitative estimate of drug-likeness (QED) is 0.759. The highest BCUT2D eigenvalue weighted by Crippen LogP contribution is 2.32. The van der Waals surface area contributed by atoms with Crippen molar-refractivity contribution in [1.29, 1.82) is 0 Å². The van der Waals surface area contributed by atoms with Gasteiger partial charge in [-0.15, -0.1) is 0 Å². The van der Waals surface area contributed by atoms with E-state index in [1.54, 1.807) is 6.07 Å². The fourth-order valence-corrected chi connectivity index (χ4v) is 1.66. The molecule has 4 nitrogen and oxygen atoms in total. The van der Waals surface area contributed by atoms with E-state index in [0.717, 1.165) is 12.2 Å². The monoisotopic (exact) mass is 235 g/mol. The maximum Gasteiger partial charge on any atom is 0.342 e. The Hall–Kier alpha value is -1.71. The van der Waals surface area contributed by atoms with Gasteiger partial charge in [0.05, 0.1) is 5.69 Å². The zero-order chi connectivity index (χ0) is 12.5. The largest absolute Gasteiger partial charge is 0.489 e. The maximum absolute atomic E-state index is 12.0. The summed E-state index contributed by atoms with van der Waals surface area (Å²) in [6, 6.07) is 5.43. The third-order valence-electron chi connectivity index (χ3n) is 2.30. The molecular formula is C13H17NO3. The molecule has 0 saturated heterocycles. The minimum Gasteiger partial charge on any atom is -0.489 e. The fourth-order valence-electron chi connectivity index (χ4n) is 1.66. The number of fused-ring (bicyclic) bond motifs is 1. The molecule has 4 heteroatoms. The van der Waals surface area contributed by atoms with Gasteiger partial charge in [-0.1, -0.05) is 6.07 Å². The normalized spacial score (nSPS) is 14.3. The number of esters is 1. The lowest BCUT2D eigenvalue weighted by Gasteiger charge is -2.24. The van der Waals surface area contributed by atoms with Crippen LogP contribution in [0.2, 0.25) is 0 Å². The van der Waals surface area contributed by atoms with E-state index in [2.05, 4.69) is 5.32 Å². The first-order chi connectivity index (χ1) is 7.97. The first kappa shape index (κ1) is 11.8. The van der Waals surface area contributed by atoms with Gasteiger partial charge in [0, 0.05) is 6.54 Å². The van der Waals surface area contributed by atoms with Crippen LogP contribution in [-0.2, 0) is 4.74 Å². The average molecular weight is 235 g/mol. The molecular weight excluding hydrogens is 218 g/mol. The SMILES string of the molecule is CC(C)(C)OC(=O)c1cccc2c1OCCN2. The van der Waals surface area contributed by atoms with Gasteiger partial charge < -0.3 is 14.8 Å². The number of anilines is 1. The molecule has 0 radical (unpaired) electrons. The van der Waals surface area contributed by atoms with Crippen molar-refractivity contribution in [3.63, 3.8) is 0 Å². The average Bonchev–Trinajstić information content (AvgIpc) is 2.26. The Kier molecular flexibility index (Phi) is 2.96. The predicted molar refractivity (Wildman–Crippen MR) is 65.6 cm³/mol. The number of carbonyl (C=O) groups excluding carboxylic acids is 1. The van der Waals surface area contributed by atoms with Gasteiger partial charge in [0.25, 0.3) is 0 Å². The fraction of sp³-hybridized carbons (Fsp3) is 0.462. The Bertz CT molecular complexity index is 435. The summed E-state index contributed by atoms with van der Waals surface area (Å²) < 4.78 is 10.9. The van der Waals surface area contributed by atoms with E-state index in [-0.39, 0.29) is 5.97 Å². The van der Waals surface area contributed by atoms with Crippen LogP contribution in [0, 0.1) is 0 Å². The van der Waals surface area contributed by atoms with Crippen LogP contribution in [0.4, 0.5) is 5.69 Å². The molecule has 92 valence electrons. The minimum atomic E-state index is -0.498. The Balaban J connectivity index is 2.29. The Morgan fingerprint density at radius 1 is 1.41 bits per heavy atom. The van der Waals surface area contributed by atoms with E-state index in [9.17, 15) is 4.79 Å². The summed E-state index contributed by atoms with van der Waals surface area (Å²) in [5, 5.41) is 3.19. The predicted octanol–water partition coefficient (Wildman–Crippen LogP) is 2.45. The van der Waals surface area contributed by atoms with Crippen LogP contribution in [0.25, 0.3) is 0 Å². The number of para-hydroxylation sites is 1. The molecule has 2 rings (SSSR count). The van der Waals surface area contributed by atoms with Gasteiger partial charge in [0.1, 0.15) is 17.8 Å². The number of benzene rings is 1. The lowest BCUT2D eigenvalue weighted by Crippen LogP contribution is -2.26. The van der Waals surface area contributed by atoms with E-state index < -0.39 is 5.60 Å². The standard InChI is InChI=1S/C13H17NO3/c1-13(2,3)17-12(15)9-5-4-6-10-11(9)16-8-7-14-10/h4-6,14H,7-8H2,1-3H3. The molecule has 1 N–H and O–H groups in total. The van der Waals surface area contributed by atoms with Gasteiger partial charge in [-0.3, -0.25) is 0 Å². The molecule has 1 aliphatic rings. The Morgan fingerprint density at radius 2 is 2.18 bits per heavy atom. The van der Waals surface area contributed by atoms with Crippen molar-refractivity contribution in [3.05, 3.63) is 23.8 Å². The summed E-state index contributed by atoms with van der Waals surface area (Å²) in [4.78, 5) is 12.0. The molecule has 1 heterocycles. The van der Waals surface area contributed by atoms with Gasteiger partial charge in [0.2, 0.25) is 0 Å². The number of nitrogens with one attached hydrogen (secondary N) is 1. The van der Waals surface area contributed by atoms with Crippen molar-refractivity contribution in [2.24, 2.45) is 0 Å². The summed E-state index contributed by atoms with van der Waals surface area (Å²) in [6.07, 6.45) is 0. The molecule has 0 aliphatic carbocycles. The number of carbonyl (C=O) groups is 1. The highest BCUT2D eigenvalue weighted by Gasteiger charge is 2.23. The molecule has 0 fully saturated rings. The molecule has 0 bridgehead atoms. The van der Waals surface area contributed by atoms with Crippen LogP contribution < -0.4 is 10.1 Å². The zero-order valence-corrected chi connectivity index (χ0v) is 10.4. The highest BCUT2D eigenvalue weighted by atomic mass is 16.6. The number of rotatable bonds is 1. The summed E-state index contributed by atoms with van der Waals surface area (Å²) in [7, 11) is 0. The van der Waals surface area contributed by atoms with E-state index in [1.165, 1.54) is 0 Å². The highest BCUT2D eigenvalue weighted by molar-refractivity contribution is 5.95. The smallest absolute Gasteiger partial charge is 0.342 e. The number of hydrogen-bond acceptors (Lipinski definition) is 4. The van der Waals surface area contributed by atoms with Crippen LogP contribution in [0.1, 0.15) is 31.1 Å². The van der Waals surface area contributed by atoms with Crippen molar-refractivity contribution in [3.8, 4) is 5.75 Å². The van der Waals surface area contributed by atoms with Crippen LogP contribution in [0.5, 0.6) is 5.75 Å². The first-order valence-corrected chi connectivity index (χ1v) is 5.70. The van der Waals surface area contributed by atoms with E-state index >= 15 is 0 Å². The third-order valence-corrected chi connectivity index (χ3v) is 2.30. The zero-order valence-electron chi connectivity index (χ0n) is 10.4. The van der Waals surface area contributed by atoms with E-state index in [4.69, 9.17) is 9.47 Å². The summed E-state index contributed by atoms with van der Waals surface area (Å²) in [6.45, 7) is 6.86. The topological polar surface area (TPSA) is 47.6 Å². The molecule has 0 unspecified atom stereocenters. The van der Waals surface area contributed by atoms with Gasteiger partial charge in [-0.05, 0) is 32.9 Å². The molecule has 1 aliphatic heterocycles. The van der Waals surface area contributed by atoms with Gasteiger partial charge in [0.15, 0.2) is 5.75 Å². The molecule has 17 heavy (non-hydrogen) atoms. The molecule has 0 amide bonds. The molecule has 0 atom stereocenters. The molecule has 1 aromatic rings. The first-order valence-electron chi connectivity index (χ1n) is 5.70. The van der Waals surface area contributed by atoms with Crippen LogP contribution in [-0.4, -0.2) is 24.7 Å². The van der Waals surface area contributed by atoms with Crippen LogP contribution in [0.3, 0.4) is 0 Å². The molecule has 0 saturated carbocycles. The second-order valence-corrected chi connectivity index (χ2v) is 4.96. The van der Waals surface area contributed by atoms with Crippen LogP contribution in [0.15, 0.2) is 18.2 Å².